The predicted octanol–water partition coefficient (Wildman–Crippen LogP) is 0.420. The molecule has 9 heteroatoms. The smallest absolute Gasteiger partial charge is 0.158 e. The van der Waals surface area contributed by atoms with Crippen LogP contribution in [0.25, 0.3) is 0 Å². The molecule has 1 saturated heterocycles. The highest BCUT2D eigenvalue weighted by Crippen LogP contribution is 2.44. The van der Waals surface area contributed by atoms with Crippen molar-refractivity contribution in [1.29, 1.82) is 0 Å². The second kappa shape index (κ2) is 6.90. The molecule has 2 fully saturated rings. The summed E-state index contributed by atoms with van der Waals surface area (Å²) in [4.78, 5) is 9.11. The van der Waals surface area contributed by atoms with Crippen molar-refractivity contribution < 1.29 is 0 Å². The molecule has 3 heterocycles. The number of fused-ring (bicyclic) bond motifs is 1. The molecule has 1 saturated carbocycles. The van der Waals surface area contributed by atoms with Gasteiger partial charge in [0, 0.05) is 43.5 Å². The molecule has 1 aromatic heterocycles. The Hall–Kier alpha value is -1.10. The van der Waals surface area contributed by atoms with Gasteiger partial charge in [0.1, 0.15) is 0 Å². The zero-order valence-electron chi connectivity index (χ0n) is 14.7. The van der Waals surface area contributed by atoms with Crippen molar-refractivity contribution in [2.75, 3.05) is 41.4 Å². The van der Waals surface area contributed by atoms with E-state index in [0.717, 1.165) is 23.9 Å². The van der Waals surface area contributed by atoms with E-state index in [4.69, 9.17) is 5.73 Å². The first-order valence-corrected chi connectivity index (χ1v) is 10.0. The van der Waals surface area contributed by atoms with Gasteiger partial charge >= 0.3 is 0 Å². The number of nitrogens with zero attached hydrogens (tertiary/aromatic N) is 5. The highest BCUT2D eigenvalue weighted by Gasteiger charge is 2.61. The molecule has 8 nitrogen and oxygen atoms in total. The summed E-state index contributed by atoms with van der Waals surface area (Å²) in [6, 6.07) is 5.06. The first-order valence-electron chi connectivity index (χ1n) is 8.89. The van der Waals surface area contributed by atoms with Crippen LogP contribution in [0.2, 0.25) is 0 Å². The molecule has 0 bridgehead atoms. The lowest BCUT2D eigenvalue weighted by Crippen LogP contribution is -2.47. The fourth-order valence-corrected chi connectivity index (χ4v) is 5.04. The fourth-order valence-electron chi connectivity index (χ4n) is 4.11. The number of hydrogen-bond acceptors (Lipinski definition) is 9. The van der Waals surface area contributed by atoms with Crippen LogP contribution in [-0.2, 0) is 0 Å². The molecule has 0 aromatic carbocycles. The monoisotopic (exact) mass is 364 g/mol. The first-order chi connectivity index (χ1) is 12.1. The highest BCUT2D eigenvalue weighted by molar-refractivity contribution is 7.99. The summed E-state index contributed by atoms with van der Waals surface area (Å²) < 4.78 is 0. The molecule has 3 aliphatic rings. The molecule has 0 radical (unpaired) electrons. The fraction of sp³-hybridized carbons (Fsp3) is 0.688. The Morgan fingerprint density at radius 1 is 1.40 bits per heavy atom. The number of rotatable bonds is 5. The van der Waals surface area contributed by atoms with Crippen molar-refractivity contribution in [2.45, 2.75) is 38.0 Å². The minimum atomic E-state index is 0.191. The number of hydrogen-bond donors (Lipinski definition) is 2. The van der Waals surface area contributed by atoms with E-state index in [9.17, 15) is 5.21 Å². The van der Waals surface area contributed by atoms with Gasteiger partial charge in [-0.25, -0.2) is 4.98 Å². The largest absolute Gasteiger partial charge is 0.741 e. The molecule has 0 amide bonds. The quantitative estimate of drug-likeness (QED) is 0.722. The third-order valence-electron chi connectivity index (χ3n) is 5.35. The molecule has 4 rings (SSSR count). The number of aromatic nitrogens is 1. The van der Waals surface area contributed by atoms with Crippen LogP contribution in [0.1, 0.15) is 13.8 Å². The van der Waals surface area contributed by atoms with Gasteiger partial charge < -0.3 is 16.1 Å². The van der Waals surface area contributed by atoms with E-state index in [-0.39, 0.29) is 6.04 Å². The van der Waals surface area contributed by atoms with Crippen LogP contribution >= 0.6 is 11.8 Å². The van der Waals surface area contributed by atoms with E-state index < -0.39 is 0 Å². The zero-order valence-corrected chi connectivity index (χ0v) is 15.5. The third kappa shape index (κ3) is 2.98. The van der Waals surface area contributed by atoms with Crippen molar-refractivity contribution >= 4 is 23.3 Å². The second-order valence-electron chi connectivity index (χ2n) is 7.02. The lowest BCUT2D eigenvalue weighted by molar-refractivity contribution is 0.179. The van der Waals surface area contributed by atoms with Crippen molar-refractivity contribution in [3.8, 4) is 0 Å². The van der Waals surface area contributed by atoms with Crippen molar-refractivity contribution in [3.63, 3.8) is 0 Å². The Morgan fingerprint density at radius 2 is 2.16 bits per heavy atom. The van der Waals surface area contributed by atoms with Gasteiger partial charge in [0.2, 0.25) is 0 Å². The molecule has 0 spiro atoms. The Balaban J connectivity index is 1.62. The van der Waals surface area contributed by atoms with Crippen molar-refractivity contribution in [1.82, 2.24) is 20.3 Å². The van der Waals surface area contributed by atoms with Crippen molar-refractivity contribution in [3.05, 3.63) is 23.5 Å². The van der Waals surface area contributed by atoms with E-state index >= 15 is 0 Å². The molecule has 25 heavy (non-hydrogen) atoms. The summed E-state index contributed by atoms with van der Waals surface area (Å²) in [5.41, 5.74) is 9.87. The van der Waals surface area contributed by atoms with Crippen molar-refractivity contribution in [2.24, 2.45) is 5.73 Å². The SMILES string of the molecule is CC(C)N(CN)C1C(N2NN([O-])c3ncccc32)[C@@H]1N1CCSCC1. The van der Waals surface area contributed by atoms with Gasteiger partial charge in [-0.3, -0.25) is 14.8 Å². The number of nitrogens with one attached hydrogen (secondary N) is 1. The Morgan fingerprint density at radius 3 is 2.84 bits per heavy atom. The maximum absolute atomic E-state index is 12.2. The van der Waals surface area contributed by atoms with Gasteiger partial charge in [-0.1, -0.05) is 0 Å². The standard InChI is InChI=1S/C16H26N7OS/c1-11(2)21(10-17)14-13(20-6-8-25-9-7-20)15(14)22-12-4-3-5-18-16(12)23(24)19-22/h3-5,11,13-15,19H,6-10,17H2,1-2H3/q-1/t13-,14?,15?/m1/s1. The van der Waals surface area contributed by atoms with E-state index in [1.54, 1.807) is 6.20 Å². The summed E-state index contributed by atoms with van der Waals surface area (Å²) in [6.07, 6.45) is 1.65. The molecular weight excluding hydrogens is 338 g/mol. The van der Waals surface area contributed by atoms with Gasteiger partial charge in [-0.2, -0.15) is 17.3 Å². The lowest BCUT2D eigenvalue weighted by Gasteiger charge is -2.30. The number of pyridine rings is 1. The normalized spacial score (nSPS) is 29.6. The van der Waals surface area contributed by atoms with Gasteiger partial charge in [0.15, 0.2) is 5.82 Å². The Kier molecular flexibility index (Phi) is 4.78. The van der Waals surface area contributed by atoms with E-state index in [2.05, 4.69) is 34.2 Å². The van der Waals surface area contributed by atoms with Gasteiger partial charge in [-0.15, -0.1) is 0 Å². The Labute approximate surface area is 152 Å². The molecule has 3 atom stereocenters. The lowest BCUT2D eigenvalue weighted by atomic mass is 10.3. The third-order valence-corrected chi connectivity index (χ3v) is 6.29. The van der Waals surface area contributed by atoms with Gasteiger partial charge in [-0.05, 0) is 26.0 Å². The molecule has 138 valence electrons. The van der Waals surface area contributed by atoms with E-state index in [0.29, 0.717) is 30.6 Å². The summed E-state index contributed by atoms with van der Waals surface area (Å²) in [7, 11) is 0. The van der Waals surface area contributed by atoms with Gasteiger partial charge in [0.05, 0.1) is 23.8 Å². The second-order valence-corrected chi connectivity index (χ2v) is 8.25. The summed E-state index contributed by atoms with van der Waals surface area (Å²) in [6.45, 7) is 7.06. The number of hydrazine groups is 2. The maximum Gasteiger partial charge on any atom is 0.158 e. The summed E-state index contributed by atoms with van der Waals surface area (Å²) in [5, 5.41) is 15.0. The van der Waals surface area contributed by atoms with Crippen LogP contribution in [0, 0.1) is 5.21 Å². The molecule has 2 unspecified atom stereocenters. The topological polar surface area (TPSA) is 87.0 Å². The summed E-state index contributed by atoms with van der Waals surface area (Å²) >= 11 is 2.01. The number of nitrogens with two attached hydrogens (primary N) is 1. The average molecular weight is 364 g/mol. The zero-order chi connectivity index (χ0) is 17.6. The molecule has 2 aliphatic heterocycles. The number of thioether (sulfide) groups is 1. The Bertz CT molecular complexity index is 612. The van der Waals surface area contributed by atoms with Crippen LogP contribution in [-0.4, -0.2) is 70.2 Å². The molecule has 1 aromatic rings. The van der Waals surface area contributed by atoms with Crippen LogP contribution in [0.3, 0.4) is 0 Å². The first kappa shape index (κ1) is 17.3. The number of anilines is 2. The van der Waals surface area contributed by atoms with E-state index in [1.165, 1.54) is 11.5 Å². The predicted molar refractivity (Wildman–Crippen MR) is 102 cm³/mol. The average Bonchev–Trinajstić information content (AvgIpc) is 3.26. The summed E-state index contributed by atoms with van der Waals surface area (Å²) in [5.74, 6) is 2.77. The minimum absolute atomic E-state index is 0.191. The van der Waals surface area contributed by atoms with Crippen LogP contribution in [0.4, 0.5) is 11.5 Å². The van der Waals surface area contributed by atoms with Gasteiger partial charge in [0.25, 0.3) is 0 Å². The molecule has 3 N–H and O–H groups in total. The maximum atomic E-state index is 12.2. The molecular formula is C16H26N7OS-. The van der Waals surface area contributed by atoms with Crippen LogP contribution < -0.4 is 21.4 Å². The highest BCUT2D eigenvalue weighted by atomic mass is 32.2. The van der Waals surface area contributed by atoms with Crippen LogP contribution in [0.5, 0.6) is 0 Å². The van der Waals surface area contributed by atoms with Crippen LogP contribution in [0.15, 0.2) is 18.3 Å². The molecule has 1 aliphatic carbocycles. The minimum Gasteiger partial charge on any atom is -0.741 e. The van der Waals surface area contributed by atoms with E-state index in [1.807, 2.05) is 28.9 Å².